The van der Waals surface area contributed by atoms with E-state index in [1.165, 1.54) is 5.56 Å². The van der Waals surface area contributed by atoms with E-state index in [0.29, 0.717) is 5.92 Å². The SMILES string of the molecule is CSCC(O)c1cccc(CC(C)C)c1. The molecule has 1 nitrogen and oxygen atoms in total. The summed E-state index contributed by atoms with van der Waals surface area (Å²) in [5.74, 6) is 1.43. The fraction of sp³-hybridized carbons (Fsp3) is 0.538. The summed E-state index contributed by atoms with van der Waals surface area (Å²) in [4.78, 5) is 0. The molecule has 0 radical (unpaired) electrons. The molecule has 0 bridgehead atoms. The second-order valence-corrected chi connectivity index (χ2v) is 5.22. The minimum Gasteiger partial charge on any atom is -0.388 e. The predicted octanol–water partition coefficient (Wildman–Crippen LogP) is 3.28. The first-order valence-corrected chi connectivity index (χ1v) is 6.78. The molecule has 0 aliphatic heterocycles. The van der Waals surface area contributed by atoms with Crippen LogP contribution in [0.5, 0.6) is 0 Å². The summed E-state index contributed by atoms with van der Waals surface area (Å²) in [6.45, 7) is 4.43. The number of benzene rings is 1. The van der Waals surface area contributed by atoms with Crippen LogP contribution < -0.4 is 0 Å². The van der Waals surface area contributed by atoms with Gasteiger partial charge in [0.25, 0.3) is 0 Å². The average Bonchev–Trinajstić information content (AvgIpc) is 2.17. The smallest absolute Gasteiger partial charge is 0.0880 e. The van der Waals surface area contributed by atoms with Crippen LogP contribution in [0.2, 0.25) is 0 Å². The van der Waals surface area contributed by atoms with Crippen LogP contribution in [0, 0.1) is 5.92 Å². The summed E-state index contributed by atoms with van der Waals surface area (Å²) in [5.41, 5.74) is 2.37. The largest absolute Gasteiger partial charge is 0.388 e. The van der Waals surface area contributed by atoms with Crippen LogP contribution in [0.15, 0.2) is 24.3 Å². The van der Waals surface area contributed by atoms with Crippen LogP contribution in [0.25, 0.3) is 0 Å². The number of aliphatic hydroxyl groups is 1. The second-order valence-electron chi connectivity index (χ2n) is 4.31. The quantitative estimate of drug-likeness (QED) is 0.828. The lowest BCUT2D eigenvalue weighted by Gasteiger charge is -2.12. The van der Waals surface area contributed by atoms with Crippen molar-refractivity contribution in [3.63, 3.8) is 0 Å². The van der Waals surface area contributed by atoms with Crippen molar-refractivity contribution >= 4 is 11.8 Å². The minimum absolute atomic E-state index is 0.327. The van der Waals surface area contributed by atoms with E-state index in [0.717, 1.165) is 17.7 Å². The number of rotatable bonds is 5. The molecule has 1 aromatic carbocycles. The number of aliphatic hydroxyl groups excluding tert-OH is 1. The summed E-state index contributed by atoms with van der Waals surface area (Å²) >= 11 is 1.67. The lowest BCUT2D eigenvalue weighted by atomic mass is 9.99. The third-order valence-corrected chi connectivity index (χ3v) is 2.95. The Balaban J connectivity index is 2.73. The summed E-state index contributed by atoms with van der Waals surface area (Å²) in [7, 11) is 0. The van der Waals surface area contributed by atoms with Gasteiger partial charge in [-0.2, -0.15) is 11.8 Å². The monoisotopic (exact) mass is 224 g/mol. The Kier molecular flexibility index (Phi) is 5.20. The molecular formula is C13H20OS. The first kappa shape index (κ1) is 12.6. The van der Waals surface area contributed by atoms with E-state index in [1.54, 1.807) is 11.8 Å². The lowest BCUT2D eigenvalue weighted by molar-refractivity contribution is 0.204. The van der Waals surface area contributed by atoms with Gasteiger partial charge >= 0.3 is 0 Å². The molecule has 2 heteroatoms. The molecule has 1 atom stereocenters. The third kappa shape index (κ3) is 4.27. The van der Waals surface area contributed by atoms with Gasteiger partial charge in [0, 0.05) is 5.75 Å². The molecule has 0 heterocycles. The van der Waals surface area contributed by atoms with Crippen LogP contribution in [-0.4, -0.2) is 17.1 Å². The van der Waals surface area contributed by atoms with Gasteiger partial charge in [-0.3, -0.25) is 0 Å². The van der Waals surface area contributed by atoms with Crippen molar-refractivity contribution in [2.45, 2.75) is 26.4 Å². The van der Waals surface area contributed by atoms with Crippen molar-refractivity contribution < 1.29 is 5.11 Å². The van der Waals surface area contributed by atoms with Crippen molar-refractivity contribution in [2.75, 3.05) is 12.0 Å². The minimum atomic E-state index is -0.327. The first-order valence-electron chi connectivity index (χ1n) is 5.39. The van der Waals surface area contributed by atoms with Crippen LogP contribution in [0.1, 0.15) is 31.1 Å². The average molecular weight is 224 g/mol. The molecular weight excluding hydrogens is 204 g/mol. The van der Waals surface area contributed by atoms with E-state index in [9.17, 15) is 5.11 Å². The fourth-order valence-electron chi connectivity index (χ4n) is 1.65. The van der Waals surface area contributed by atoms with Crippen LogP contribution >= 0.6 is 11.8 Å². The molecule has 0 spiro atoms. The van der Waals surface area contributed by atoms with Gasteiger partial charge in [-0.05, 0) is 29.7 Å². The Bertz CT molecular complexity index is 296. The predicted molar refractivity (Wildman–Crippen MR) is 68.3 cm³/mol. The highest BCUT2D eigenvalue weighted by atomic mass is 32.2. The van der Waals surface area contributed by atoms with E-state index in [2.05, 4.69) is 26.0 Å². The van der Waals surface area contributed by atoms with Gasteiger partial charge in [0.1, 0.15) is 0 Å². The summed E-state index contributed by atoms with van der Waals surface area (Å²) in [6.07, 6.45) is 2.77. The fourth-order valence-corrected chi connectivity index (χ4v) is 2.16. The van der Waals surface area contributed by atoms with Gasteiger partial charge < -0.3 is 5.11 Å². The van der Waals surface area contributed by atoms with Crippen LogP contribution in [0.4, 0.5) is 0 Å². The molecule has 0 aliphatic rings. The van der Waals surface area contributed by atoms with E-state index in [4.69, 9.17) is 0 Å². The molecule has 1 aromatic rings. The summed E-state index contributed by atoms with van der Waals surface area (Å²) in [5, 5.41) is 9.86. The zero-order valence-electron chi connectivity index (χ0n) is 9.73. The van der Waals surface area contributed by atoms with Crippen molar-refractivity contribution in [3.05, 3.63) is 35.4 Å². The van der Waals surface area contributed by atoms with Crippen molar-refractivity contribution in [1.82, 2.24) is 0 Å². The number of thioether (sulfide) groups is 1. The Morgan fingerprint density at radius 3 is 2.67 bits per heavy atom. The van der Waals surface area contributed by atoms with Gasteiger partial charge in [-0.15, -0.1) is 0 Å². The van der Waals surface area contributed by atoms with E-state index >= 15 is 0 Å². The molecule has 1 rings (SSSR count). The van der Waals surface area contributed by atoms with Crippen molar-refractivity contribution in [3.8, 4) is 0 Å². The normalized spacial score (nSPS) is 13.1. The second kappa shape index (κ2) is 6.19. The van der Waals surface area contributed by atoms with Gasteiger partial charge in [0.15, 0.2) is 0 Å². The molecule has 0 saturated carbocycles. The maximum Gasteiger partial charge on any atom is 0.0880 e. The molecule has 1 N–H and O–H groups in total. The third-order valence-electron chi connectivity index (χ3n) is 2.30. The Hall–Kier alpha value is -0.470. The van der Waals surface area contributed by atoms with Gasteiger partial charge in [-0.1, -0.05) is 38.1 Å². The lowest BCUT2D eigenvalue weighted by Crippen LogP contribution is -2.02. The zero-order valence-corrected chi connectivity index (χ0v) is 10.6. The molecule has 15 heavy (non-hydrogen) atoms. The van der Waals surface area contributed by atoms with Crippen molar-refractivity contribution in [1.29, 1.82) is 0 Å². The Labute approximate surface area is 96.9 Å². The molecule has 84 valence electrons. The van der Waals surface area contributed by atoms with Gasteiger partial charge in [0.2, 0.25) is 0 Å². The summed E-state index contributed by atoms with van der Waals surface area (Å²) in [6, 6.07) is 8.30. The topological polar surface area (TPSA) is 20.2 Å². The van der Waals surface area contributed by atoms with E-state index in [1.807, 2.05) is 18.4 Å². The van der Waals surface area contributed by atoms with Crippen LogP contribution in [-0.2, 0) is 6.42 Å². The summed E-state index contributed by atoms with van der Waals surface area (Å²) < 4.78 is 0. The molecule has 0 aromatic heterocycles. The van der Waals surface area contributed by atoms with E-state index < -0.39 is 0 Å². The van der Waals surface area contributed by atoms with Crippen molar-refractivity contribution in [2.24, 2.45) is 5.92 Å². The van der Waals surface area contributed by atoms with Gasteiger partial charge in [-0.25, -0.2) is 0 Å². The molecule has 0 fully saturated rings. The highest BCUT2D eigenvalue weighted by Crippen LogP contribution is 2.19. The standard InChI is InChI=1S/C13H20OS/c1-10(2)7-11-5-4-6-12(8-11)13(14)9-15-3/h4-6,8,10,13-14H,7,9H2,1-3H3. The number of hydrogen-bond donors (Lipinski definition) is 1. The molecule has 0 aliphatic carbocycles. The maximum absolute atomic E-state index is 9.86. The Morgan fingerprint density at radius 2 is 2.07 bits per heavy atom. The zero-order chi connectivity index (χ0) is 11.3. The Morgan fingerprint density at radius 1 is 1.33 bits per heavy atom. The molecule has 1 unspecified atom stereocenters. The van der Waals surface area contributed by atoms with E-state index in [-0.39, 0.29) is 6.10 Å². The maximum atomic E-state index is 9.86. The molecule has 0 saturated heterocycles. The highest BCUT2D eigenvalue weighted by molar-refractivity contribution is 7.98. The first-order chi connectivity index (χ1) is 7.13. The van der Waals surface area contributed by atoms with Gasteiger partial charge in [0.05, 0.1) is 6.10 Å². The highest BCUT2D eigenvalue weighted by Gasteiger charge is 2.07. The van der Waals surface area contributed by atoms with Crippen LogP contribution in [0.3, 0.4) is 0 Å². The number of hydrogen-bond acceptors (Lipinski definition) is 2. The molecule has 0 amide bonds.